The molecule has 1 aliphatic carbocycles. The van der Waals surface area contributed by atoms with E-state index >= 15 is 0 Å². The summed E-state index contributed by atoms with van der Waals surface area (Å²) in [5.41, 5.74) is 12.7. The Hall–Kier alpha value is -5.12. The van der Waals surface area contributed by atoms with Crippen molar-refractivity contribution in [2.75, 3.05) is 16.8 Å². The average Bonchev–Trinajstić information content (AvgIpc) is 3.58. The Kier molecular flexibility index (Phi) is 5.81. The maximum atomic E-state index is 3.84. The highest BCUT2D eigenvalue weighted by Crippen LogP contribution is 2.51. The summed E-state index contributed by atoms with van der Waals surface area (Å²) in [7, 11) is 0. The van der Waals surface area contributed by atoms with E-state index in [0.717, 1.165) is 12.2 Å². The van der Waals surface area contributed by atoms with Gasteiger partial charge in [0, 0.05) is 32.6 Å². The number of rotatable bonds is 4. The Morgan fingerprint density at radius 3 is 2.20 bits per heavy atom. The topological polar surface area (TPSA) is 15.3 Å². The van der Waals surface area contributed by atoms with Gasteiger partial charge >= 0.3 is 0 Å². The Labute approximate surface area is 267 Å². The lowest BCUT2D eigenvalue weighted by Gasteiger charge is -2.31. The van der Waals surface area contributed by atoms with Crippen LogP contribution in [0, 0.1) is 0 Å². The van der Waals surface area contributed by atoms with Crippen LogP contribution in [0.2, 0.25) is 0 Å². The van der Waals surface area contributed by atoms with Gasteiger partial charge in [-0.15, -0.1) is 11.3 Å². The largest absolute Gasteiger partial charge is 0.378 e. The van der Waals surface area contributed by atoms with Crippen LogP contribution in [0.25, 0.3) is 49.2 Å². The van der Waals surface area contributed by atoms with Crippen LogP contribution < -0.4 is 10.2 Å². The first-order valence-electron chi connectivity index (χ1n) is 15.6. The van der Waals surface area contributed by atoms with Gasteiger partial charge in [-0.25, -0.2) is 0 Å². The van der Waals surface area contributed by atoms with Crippen molar-refractivity contribution in [3.05, 3.63) is 155 Å². The minimum atomic E-state index is -0.0208. The van der Waals surface area contributed by atoms with E-state index in [1.54, 1.807) is 0 Å². The quantitative estimate of drug-likeness (QED) is 0.217. The van der Waals surface area contributed by atoms with E-state index in [0.29, 0.717) is 0 Å². The zero-order valence-electron chi connectivity index (χ0n) is 25.3. The molecule has 2 aliphatic rings. The summed E-state index contributed by atoms with van der Waals surface area (Å²) in [6.45, 7) is 5.43. The summed E-state index contributed by atoms with van der Waals surface area (Å²) in [5, 5.41) is 7.75. The summed E-state index contributed by atoms with van der Waals surface area (Å²) in [6, 6.07) is 48.8. The number of anilines is 3. The molecular formula is C42H32N2S. The number of hydrogen-bond acceptors (Lipinski definition) is 3. The molecule has 1 aromatic heterocycles. The van der Waals surface area contributed by atoms with Crippen LogP contribution in [0.15, 0.2) is 139 Å². The summed E-state index contributed by atoms with van der Waals surface area (Å²) in [5.74, 6) is 0. The number of fused-ring (bicyclic) bond motifs is 8. The van der Waals surface area contributed by atoms with E-state index in [1.807, 2.05) is 11.3 Å². The first-order valence-corrected chi connectivity index (χ1v) is 16.5. The lowest BCUT2D eigenvalue weighted by molar-refractivity contribution is 0.660. The molecule has 2 heterocycles. The Morgan fingerprint density at radius 1 is 0.622 bits per heavy atom. The highest BCUT2D eigenvalue weighted by atomic mass is 32.1. The van der Waals surface area contributed by atoms with Crippen LogP contribution in [-0.2, 0) is 5.41 Å². The third kappa shape index (κ3) is 4.08. The highest BCUT2D eigenvalue weighted by molar-refractivity contribution is 7.21. The molecule has 2 nitrogen and oxygen atoms in total. The molecule has 0 spiro atoms. The molecule has 0 fully saturated rings. The smallest absolute Gasteiger partial charge is 0.0607 e. The number of hydrogen-bond donors (Lipinski definition) is 1. The number of nitrogens with zero attached hydrogens (tertiary/aromatic N) is 1. The van der Waals surface area contributed by atoms with E-state index in [9.17, 15) is 0 Å². The molecular weight excluding hydrogens is 565 g/mol. The molecule has 45 heavy (non-hydrogen) atoms. The molecule has 0 unspecified atom stereocenters. The van der Waals surface area contributed by atoms with Gasteiger partial charge in [0.25, 0.3) is 0 Å². The van der Waals surface area contributed by atoms with Gasteiger partial charge in [-0.1, -0.05) is 123 Å². The predicted molar refractivity (Wildman–Crippen MR) is 194 cm³/mol. The van der Waals surface area contributed by atoms with Crippen molar-refractivity contribution in [2.45, 2.75) is 19.3 Å². The molecule has 3 heteroatoms. The van der Waals surface area contributed by atoms with Crippen molar-refractivity contribution in [3.8, 4) is 22.3 Å². The summed E-state index contributed by atoms with van der Waals surface area (Å²) in [4.78, 5) is 3.72. The van der Waals surface area contributed by atoms with Crippen molar-refractivity contribution in [1.29, 1.82) is 0 Å². The fourth-order valence-electron chi connectivity index (χ4n) is 7.41. The van der Waals surface area contributed by atoms with Gasteiger partial charge in [0.2, 0.25) is 0 Å². The van der Waals surface area contributed by atoms with Crippen LogP contribution in [0.1, 0.15) is 29.9 Å². The third-order valence-corrected chi connectivity index (χ3v) is 10.9. The summed E-state index contributed by atoms with van der Waals surface area (Å²) >= 11 is 1.89. The van der Waals surface area contributed by atoms with Crippen LogP contribution in [-0.4, -0.2) is 6.54 Å². The zero-order valence-corrected chi connectivity index (χ0v) is 26.2. The second kappa shape index (κ2) is 9.95. The van der Waals surface area contributed by atoms with Crippen LogP contribution >= 0.6 is 11.3 Å². The van der Waals surface area contributed by atoms with Gasteiger partial charge < -0.3 is 10.2 Å². The maximum absolute atomic E-state index is 3.84. The first-order chi connectivity index (χ1) is 22.1. The normalized spacial score (nSPS) is 14.4. The van der Waals surface area contributed by atoms with Crippen molar-refractivity contribution in [1.82, 2.24) is 0 Å². The van der Waals surface area contributed by atoms with E-state index in [1.165, 1.54) is 76.2 Å². The van der Waals surface area contributed by atoms with Crippen molar-refractivity contribution >= 4 is 55.3 Å². The van der Waals surface area contributed by atoms with Crippen LogP contribution in [0.5, 0.6) is 0 Å². The van der Waals surface area contributed by atoms with E-state index in [2.05, 4.69) is 164 Å². The zero-order chi connectivity index (χ0) is 30.1. The van der Waals surface area contributed by atoms with Gasteiger partial charge in [-0.05, 0) is 74.5 Å². The molecule has 216 valence electrons. The molecule has 0 saturated heterocycles. The van der Waals surface area contributed by atoms with Crippen LogP contribution in [0.4, 0.5) is 17.1 Å². The first kappa shape index (κ1) is 26.3. The lowest BCUT2D eigenvalue weighted by atomic mass is 9.82. The Balaban J connectivity index is 1.21. The average molecular weight is 597 g/mol. The summed E-state index contributed by atoms with van der Waals surface area (Å²) < 4.78 is 1.35. The summed E-state index contributed by atoms with van der Waals surface area (Å²) in [6.07, 6.45) is 2.40. The SMILES string of the molecule is CC1(C)c2ccccc2-c2cc(N(C3=Cc4sc5c(ccc6ccccc65)c4NC3)c3ccc(-c4ccccc4)cc3)ccc21. The molecule has 0 saturated carbocycles. The van der Waals surface area contributed by atoms with Gasteiger partial charge in [0.05, 0.1) is 17.1 Å². The fraction of sp³-hybridized carbons (Fsp3) is 0.0952. The van der Waals surface area contributed by atoms with Gasteiger partial charge in [0.15, 0.2) is 0 Å². The molecule has 0 bridgehead atoms. The highest BCUT2D eigenvalue weighted by Gasteiger charge is 2.35. The Morgan fingerprint density at radius 2 is 1.33 bits per heavy atom. The molecule has 1 N–H and O–H groups in total. The minimum Gasteiger partial charge on any atom is -0.378 e. The van der Waals surface area contributed by atoms with Gasteiger partial charge in [-0.3, -0.25) is 0 Å². The van der Waals surface area contributed by atoms with Crippen molar-refractivity contribution < 1.29 is 0 Å². The molecule has 9 rings (SSSR count). The van der Waals surface area contributed by atoms with E-state index < -0.39 is 0 Å². The maximum Gasteiger partial charge on any atom is 0.0607 e. The molecule has 0 amide bonds. The van der Waals surface area contributed by atoms with Crippen LogP contribution in [0.3, 0.4) is 0 Å². The van der Waals surface area contributed by atoms with E-state index in [4.69, 9.17) is 0 Å². The number of nitrogens with one attached hydrogen (secondary N) is 1. The standard InChI is InChI=1S/C42H32N2S/c1-42(2)37-15-9-8-14-34(37)36-24-31(21-23-38(36)42)44(30-19-16-28(17-20-30)27-10-4-3-5-11-27)32-25-39-40(43-26-32)35-22-18-29-12-6-7-13-33(29)41(35)45-39/h3-25,43H,26H2,1-2H3. The molecule has 0 radical (unpaired) electrons. The molecule has 1 aliphatic heterocycles. The second-order valence-corrected chi connectivity index (χ2v) is 13.7. The predicted octanol–water partition coefficient (Wildman–Crippen LogP) is 11.6. The van der Waals surface area contributed by atoms with Gasteiger partial charge in [-0.2, -0.15) is 0 Å². The van der Waals surface area contributed by atoms with Gasteiger partial charge in [0.1, 0.15) is 0 Å². The second-order valence-electron chi connectivity index (χ2n) is 12.6. The fourth-order valence-corrected chi connectivity index (χ4v) is 8.69. The number of thiophene rings is 1. The van der Waals surface area contributed by atoms with Crippen molar-refractivity contribution in [3.63, 3.8) is 0 Å². The number of benzene rings is 6. The Bertz CT molecular complexity index is 2290. The monoisotopic (exact) mass is 596 g/mol. The lowest BCUT2D eigenvalue weighted by Crippen LogP contribution is -2.24. The molecule has 0 atom stereocenters. The minimum absolute atomic E-state index is 0.0208. The molecule has 6 aromatic carbocycles. The van der Waals surface area contributed by atoms with Crippen molar-refractivity contribution in [2.24, 2.45) is 0 Å². The third-order valence-electron chi connectivity index (χ3n) is 9.70. The molecule has 7 aromatic rings. The van der Waals surface area contributed by atoms with E-state index in [-0.39, 0.29) is 5.41 Å².